The molecule has 146 valence electrons. The largest absolute Gasteiger partial charge is 0.393 e. The van der Waals surface area contributed by atoms with Crippen LogP contribution in [0.2, 0.25) is 0 Å². The van der Waals surface area contributed by atoms with E-state index in [4.69, 9.17) is 15.7 Å². The number of ether oxygens (including phenoxy) is 2. The summed E-state index contributed by atoms with van der Waals surface area (Å²) in [5.41, 5.74) is 3.11. The molecule has 3 N–H and O–H groups in total. The summed E-state index contributed by atoms with van der Waals surface area (Å²) < 4.78 is 21.1. The number of benzene rings is 1. The highest BCUT2D eigenvalue weighted by Crippen LogP contribution is 2.45. The predicted octanol–water partition coefficient (Wildman–Crippen LogP) is 0.390. The molecule has 0 unspecified atom stereocenters. The van der Waals surface area contributed by atoms with Gasteiger partial charge in [-0.1, -0.05) is 30.3 Å². The van der Waals surface area contributed by atoms with Crippen molar-refractivity contribution in [2.75, 3.05) is 18.7 Å². The fourth-order valence-electron chi connectivity index (χ4n) is 3.48. The van der Waals surface area contributed by atoms with E-state index in [1.54, 1.807) is 4.57 Å². The van der Waals surface area contributed by atoms with Gasteiger partial charge in [0.1, 0.15) is 24.1 Å². The van der Waals surface area contributed by atoms with Gasteiger partial charge in [0, 0.05) is 0 Å². The zero-order chi connectivity index (χ0) is 20.1. The highest BCUT2D eigenvalue weighted by molar-refractivity contribution is 5.82. The molecular formula is C18H19N5O5. The summed E-state index contributed by atoms with van der Waals surface area (Å²) in [7, 11) is 0. The highest BCUT2D eigenvalue weighted by Gasteiger charge is 2.61. The monoisotopic (exact) mass is 386 g/mol. The predicted molar refractivity (Wildman–Crippen MR) is 95.9 cm³/mol. The minimum absolute atomic E-state index is 0.0631. The van der Waals surface area contributed by atoms with Crippen LogP contribution < -0.4 is 5.48 Å². The molecule has 2 aromatic heterocycles. The third-order valence-corrected chi connectivity index (χ3v) is 4.98. The van der Waals surface area contributed by atoms with Gasteiger partial charge in [0.25, 0.3) is 0 Å². The average Bonchev–Trinajstić information content (AvgIpc) is 3.35. The van der Waals surface area contributed by atoms with Gasteiger partial charge >= 0.3 is 0 Å². The zero-order valence-corrected chi connectivity index (χ0v) is 14.7. The number of fused-ring (bicyclic) bond motifs is 3. The minimum Gasteiger partial charge on any atom is -0.393 e. The van der Waals surface area contributed by atoms with Gasteiger partial charge in [-0.05, 0) is 5.56 Å². The molecule has 0 radical (unpaired) electrons. The van der Waals surface area contributed by atoms with Crippen LogP contribution in [0.15, 0.2) is 43.0 Å². The second-order valence-electron chi connectivity index (χ2n) is 6.70. The smallest absolute Gasteiger partial charge is 0.181 e. The number of aliphatic hydroxyl groups excluding tert-OH is 1. The van der Waals surface area contributed by atoms with Crippen molar-refractivity contribution in [1.29, 1.82) is 0 Å². The summed E-state index contributed by atoms with van der Waals surface area (Å²) in [6.07, 6.45) is -1.13. The van der Waals surface area contributed by atoms with Crippen LogP contribution in [0.25, 0.3) is 11.2 Å². The summed E-state index contributed by atoms with van der Waals surface area (Å²) in [4.78, 5) is 18.2. The van der Waals surface area contributed by atoms with Gasteiger partial charge in [0.05, 0.1) is 27.5 Å². The van der Waals surface area contributed by atoms with Crippen molar-refractivity contribution in [3.8, 4) is 0 Å². The normalized spacial score (nSPS) is 32.0. The van der Waals surface area contributed by atoms with Crippen molar-refractivity contribution in [3.05, 3.63) is 48.5 Å². The number of hydrogen-bond donors (Lipinski definition) is 3. The number of nitrogens with one attached hydrogen (secondary N) is 1. The van der Waals surface area contributed by atoms with E-state index in [0.717, 1.165) is 5.56 Å². The van der Waals surface area contributed by atoms with E-state index >= 15 is 0 Å². The second-order valence-corrected chi connectivity index (χ2v) is 6.70. The first-order valence-corrected chi connectivity index (χ1v) is 8.78. The summed E-state index contributed by atoms with van der Waals surface area (Å²) in [5.74, 6) is 0.367. The SMILES string of the molecule is [2H][C@]1(O)[C@H]2OC[C@]1(CO)O[C@H]2n1cnc2c(NOCc3ccccc3)ncnc21. The molecule has 2 aliphatic heterocycles. The highest BCUT2D eigenvalue weighted by atomic mass is 16.7. The molecule has 0 aliphatic carbocycles. The standard InChI is InChI=1S/C18H19N5O5/c24-7-18-8-26-13(14(18)25)17(28-18)23-10-21-12-15(19-9-20-16(12)23)22-27-6-11-4-2-1-3-5-11/h1-5,9-10,13-14,17,24-25H,6-8H2,(H,19,20,22)/t13-,14+,17-,18+/m1/s1/i14D. The minimum atomic E-state index is -2.09. The maximum absolute atomic E-state index is 10.5. The molecular weight excluding hydrogens is 366 g/mol. The van der Waals surface area contributed by atoms with Gasteiger partial charge in [-0.2, -0.15) is 0 Å². The Hall–Kier alpha value is -2.63. The lowest BCUT2D eigenvalue weighted by Crippen LogP contribution is -2.44. The van der Waals surface area contributed by atoms with Crippen LogP contribution in [0.1, 0.15) is 13.2 Å². The molecule has 3 aromatic rings. The lowest BCUT2D eigenvalue weighted by Gasteiger charge is -2.29. The van der Waals surface area contributed by atoms with Crippen molar-refractivity contribution in [3.63, 3.8) is 0 Å². The number of aromatic nitrogens is 4. The Morgan fingerprint density at radius 3 is 2.96 bits per heavy atom. The summed E-state index contributed by atoms with van der Waals surface area (Å²) in [6.45, 7) is -0.270. The average molecular weight is 386 g/mol. The maximum atomic E-state index is 10.5. The van der Waals surface area contributed by atoms with Crippen molar-refractivity contribution < 1.29 is 25.9 Å². The Morgan fingerprint density at radius 2 is 2.18 bits per heavy atom. The van der Waals surface area contributed by atoms with E-state index in [1.807, 2.05) is 30.3 Å². The molecule has 2 saturated heterocycles. The zero-order valence-electron chi connectivity index (χ0n) is 15.7. The second kappa shape index (κ2) is 6.76. The first kappa shape index (κ1) is 16.3. The number of hydrogen-bond acceptors (Lipinski definition) is 9. The van der Waals surface area contributed by atoms with Gasteiger partial charge in [-0.15, -0.1) is 0 Å². The molecule has 2 bridgehead atoms. The molecule has 10 heteroatoms. The first-order chi connectivity index (χ1) is 14.1. The molecule has 10 nitrogen and oxygen atoms in total. The van der Waals surface area contributed by atoms with Crippen molar-refractivity contribution >= 4 is 17.0 Å². The van der Waals surface area contributed by atoms with E-state index in [9.17, 15) is 10.2 Å². The van der Waals surface area contributed by atoms with E-state index in [2.05, 4.69) is 20.4 Å². The van der Waals surface area contributed by atoms with Crippen LogP contribution in [-0.2, 0) is 20.9 Å². The Labute approximate surface area is 161 Å². The van der Waals surface area contributed by atoms with Gasteiger partial charge in [0.2, 0.25) is 0 Å². The van der Waals surface area contributed by atoms with Crippen LogP contribution in [-0.4, -0.2) is 60.7 Å². The number of aliphatic hydroxyl groups is 2. The topological polar surface area (TPSA) is 124 Å². The van der Waals surface area contributed by atoms with Crippen LogP contribution in [0, 0.1) is 0 Å². The molecule has 2 aliphatic rings. The van der Waals surface area contributed by atoms with Crippen molar-refractivity contribution in [2.24, 2.45) is 0 Å². The van der Waals surface area contributed by atoms with Crippen molar-refractivity contribution in [1.82, 2.24) is 19.5 Å². The number of anilines is 1. The third kappa shape index (κ3) is 2.65. The summed E-state index contributed by atoms with van der Waals surface area (Å²) >= 11 is 0. The molecule has 2 fully saturated rings. The van der Waals surface area contributed by atoms with Crippen LogP contribution in [0.3, 0.4) is 0 Å². The van der Waals surface area contributed by atoms with Crippen LogP contribution in [0.5, 0.6) is 0 Å². The molecule has 4 atom stereocenters. The molecule has 0 spiro atoms. The molecule has 0 amide bonds. The van der Waals surface area contributed by atoms with Crippen LogP contribution >= 0.6 is 0 Å². The van der Waals surface area contributed by atoms with E-state index in [-0.39, 0.29) is 6.61 Å². The fraction of sp³-hybridized carbons (Fsp3) is 0.389. The van der Waals surface area contributed by atoms with Gasteiger partial charge in [0.15, 0.2) is 23.2 Å². The van der Waals surface area contributed by atoms with Gasteiger partial charge in [-0.3, -0.25) is 9.40 Å². The maximum Gasteiger partial charge on any atom is 0.181 e. The van der Waals surface area contributed by atoms with E-state index < -0.39 is 30.6 Å². The Bertz CT molecular complexity index is 1030. The Balaban J connectivity index is 1.40. The van der Waals surface area contributed by atoms with Crippen LogP contribution in [0.4, 0.5) is 5.82 Å². The lowest BCUT2D eigenvalue weighted by atomic mass is 10.0. The van der Waals surface area contributed by atoms with E-state index in [1.165, 1.54) is 12.7 Å². The Kier molecular flexibility index (Phi) is 3.94. The number of rotatable bonds is 6. The number of nitrogens with zero attached hydrogens (tertiary/aromatic N) is 4. The molecule has 5 rings (SSSR count). The van der Waals surface area contributed by atoms with Gasteiger partial charge in [-0.25, -0.2) is 20.4 Å². The van der Waals surface area contributed by atoms with E-state index in [0.29, 0.717) is 23.6 Å². The fourth-order valence-corrected chi connectivity index (χ4v) is 3.48. The van der Waals surface area contributed by atoms with Gasteiger partial charge < -0.3 is 19.7 Å². The number of imidazole rings is 1. The molecule has 0 saturated carbocycles. The molecule has 28 heavy (non-hydrogen) atoms. The summed E-state index contributed by atoms with van der Waals surface area (Å²) in [6, 6.07) is 9.66. The molecule has 1 aromatic carbocycles. The Morgan fingerprint density at radius 1 is 1.32 bits per heavy atom. The first-order valence-electron chi connectivity index (χ1n) is 9.28. The summed E-state index contributed by atoms with van der Waals surface area (Å²) in [5, 5.41) is 20.2. The quantitative estimate of drug-likeness (QED) is 0.516. The van der Waals surface area contributed by atoms with Crippen molar-refractivity contribution in [2.45, 2.75) is 30.6 Å². The third-order valence-electron chi connectivity index (χ3n) is 4.98. The lowest BCUT2D eigenvalue weighted by molar-refractivity contribution is -0.185. The molecule has 4 heterocycles.